The molecule has 0 bridgehead atoms. The van der Waals surface area contributed by atoms with Crippen LogP contribution in [0.15, 0.2) is 60.7 Å². The third kappa shape index (κ3) is 7.62. The van der Waals surface area contributed by atoms with Crippen molar-refractivity contribution in [2.45, 2.75) is 77.8 Å². The first-order valence-electron chi connectivity index (χ1n) is 20.7. The van der Waals surface area contributed by atoms with Gasteiger partial charge in [-0.1, -0.05) is 39.3 Å². The van der Waals surface area contributed by atoms with Crippen LogP contribution in [0.3, 0.4) is 0 Å². The van der Waals surface area contributed by atoms with Crippen molar-refractivity contribution in [1.82, 2.24) is 20.4 Å². The lowest BCUT2D eigenvalue weighted by Crippen LogP contribution is -2.74. The van der Waals surface area contributed by atoms with Gasteiger partial charge in [0.1, 0.15) is 30.2 Å². The summed E-state index contributed by atoms with van der Waals surface area (Å²) in [6.45, 7) is 14.9. The molecular formula is C45H52ClN7O6. The zero-order valence-corrected chi connectivity index (χ0v) is 34.8. The molecule has 0 spiro atoms. The Morgan fingerprint density at radius 3 is 2.14 bits per heavy atom. The monoisotopic (exact) mass is 821 g/mol. The fourth-order valence-corrected chi connectivity index (χ4v) is 10.5. The molecule has 3 saturated heterocycles. The maximum atomic E-state index is 13.5. The molecule has 1 saturated carbocycles. The number of hydrogen-bond acceptors (Lipinski definition) is 10. The number of nitriles is 1. The van der Waals surface area contributed by atoms with Crippen molar-refractivity contribution in [3.05, 3.63) is 87.9 Å². The van der Waals surface area contributed by atoms with Gasteiger partial charge in [0.25, 0.3) is 17.7 Å². The Morgan fingerprint density at radius 2 is 1.49 bits per heavy atom. The number of anilines is 2. The Hall–Kier alpha value is -5.16. The Balaban J connectivity index is 0.789. The van der Waals surface area contributed by atoms with Crippen molar-refractivity contribution in [2.75, 3.05) is 55.6 Å². The van der Waals surface area contributed by atoms with Gasteiger partial charge in [-0.15, -0.1) is 0 Å². The van der Waals surface area contributed by atoms with Crippen LogP contribution in [0.5, 0.6) is 5.75 Å². The number of carbonyl (C=O) groups is 4. The van der Waals surface area contributed by atoms with E-state index in [1.165, 1.54) is 0 Å². The number of ether oxygens (including phenoxy) is 1. The van der Waals surface area contributed by atoms with E-state index in [-0.39, 0.29) is 41.7 Å². The number of nitrogens with one attached hydrogen (secondary N) is 2. The molecule has 0 radical (unpaired) electrons. The van der Waals surface area contributed by atoms with Gasteiger partial charge < -0.3 is 30.3 Å². The minimum Gasteiger partial charge on any atom is -0.489 e. The number of hydrogen-bond donors (Lipinski definition) is 3. The summed E-state index contributed by atoms with van der Waals surface area (Å²) in [5.74, 6) is -0.374. The molecule has 13 nitrogen and oxygen atoms in total. The van der Waals surface area contributed by atoms with Crippen molar-refractivity contribution in [3.63, 3.8) is 0 Å². The predicted molar refractivity (Wildman–Crippen MR) is 224 cm³/mol. The maximum absolute atomic E-state index is 13.5. The van der Waals surface area contributed by atoms with E-state index in [0.717, 1.165) is 74.9 Å². The number of fused-ring (bicyclic) bond motifs is 1. The number of rotatable bonds is 9. The Labute approximate surface area is 350 Å². The minimum absolute atomic E-state index is 0.114. The van der Waals surface area contributed by atoms with E-state index in [1.807, 2.05) is 30.3 Å². The van der Waals surface area contributed by atoms with Crippen molar-refractivity contribution < 1.29 is 29.0 Å². The maximum Gasteiger partial charge on any atom is 0.262 e. The van der Waals surface area contributed by atoms with Crippen LogP contribution in [0, 0.1) is 28.1 Å². The molecule has 310 valence electrons. The number of piperidine rings is 2. The number of amides is 4. The van der Waals surface area contributed by atoms with Crippen molar-refractivity contribution in [2.24, 2.45) is 16.7 Å². The fraction of sp³-hybridized carbons (Fsp3) is 0.489. The highest BCUT2D eigenvalue weighted by Gasteiger charge is 2.64. The standard InChI is InChI=1S/C45H52ClN7O6/c1-44(2)42(45(3,4)43(44)59-32-11-7-29(25-47)35(46)24-32)49-38(55)28-5-8-30(9-6-28)52-21-19-50(20-22-52)26-27-15-17-51(18-16-27)31-10-12-33-34(23-31)41(58)53(40(33)57)36-13-14-37(54)48-39(36)56/h5-12,23-24,27,36-37,42-43,54H,13-22,26H2,1-4H3,(H,48,56)(H,49,55)/t36?,37?,42-,43-. The summed E-state index contributed by atoms with van der Waals surface area (Å²) in [4.78, 5) is 60.8. The molecule has 3 aromatic rings. The van der Waals surface area contributed by atoms with Gasteiger partial charge in [-0.2, -0.15) is 5.26 Å². The van der Waals surface area contributed by atoms with Gasteiger partial charge in [0.05, 0.1) is 21.7 Å². The van der Waals surface area contributed by atoms with Gasteiger partial charge in [-0.3, -0.25) is 29.0 Å². The Bertz CT molecular complexity index is 2170. The number of benzene rings is 3. The Morgan fingerprint density at radius 1 is 0.847 bits per heavy atom. The molecule has 4 amide bonds. The first-order valence-corrected chi connectivity index (χ1v) is 21.0. The van der Waals surface area contributed by atoms with Gasteiger partial charge in [0.2, 0.25) is 5.91 Å². The largest absolute Gasteiger partial charge is 0.489 e. The number of imide groups is 1. The molecule has 1 aliphatic carbocycles. The fourth-order valence-electron chi connectivity index (χ4n) is 10.3. The van der Waals surface area contributed by atoms with E-state index in [0.29, 0.717) is 38.9 Å². The second-order valence-corrected chi connectivity index (χ2v) is 18.3. The van der Waals surface area contributed by atoms with Gasteiger partial charge in [-0.05, 0) is 86.2 Å². The molecular weight excluding hydrogens is 770 g/mol. The highest BCUT2D eigenvalue weighted by molar-refractivity contribution is 6.31. The second-order valence-electron chi connectivity index (χ2n) is 17.9. The summed E-state index contributed by atoms with van der Waals surface area (Å²) in [7, 11) is 0. The average Bonchev–Trinajstić information content (AvgIpc) is 3.47. The van der Waals surface area contributed by atoms with E-state index in [4.69, 9.17) is 16.3 Å². The molecule has 3 N–H and O–H groups in total. The number of halogens is 1. The van der Waals surface area contributed by atoms with Crippen molar-refractivity contribution in [1.29, 1.82) is 5.26 Å². The van der Waals surface area contributed by atoms with E-state index < -0.39 is 30.0 Å². The number of aliphatic hydroxyl groups excluding tert-OH is 1. The molecule has 5 aliphatic rings. The minimum atomic E-state index is -0.957. The zero-order valence-electron chi connectivity index (χ0n) is 34.0. The molecule has 4 heterocycles. The van der Waals surface area contributed by atoms with E-state index in [1.54, 1.807) is 30.3 Å². The molecule has 3 aromatic carbocycles. The van der Waals surface area contributed by atoms with Gasteiger partial charge >= 0.3 is 0 Å². The normalized spacial score (nSPS) is 25.5. The lowest BCUT2D eigenvalue weighted by molar-refractivity contribution is -0.164. The number of aliphatic hydroxyl groups is 1. The summed E-state index contributed by atoms with van der Waals surface area (Å²) in [6.07, 6.45) is 1.44. The molecule has 2 unspecified atom stereocenters. The third-order valence-electron chi connectivity index (χ3n) is 13.3. The Kier molecular flexibility index (Phi) is 10.9. The number of carbonyl (C=O) groups excluding carboxylic acids is 4. The molecule has 0 aromatic heterocycles. The van der Waals surface area contributed by atoms with Crippen LogP contribution in [0.1, 0.15) is 90.0 Å². The molecule has 4 fully saturated rings. The van der Waals surface area contributed by atoms with Gasteiger partial charge in [-0.25, -0.2) is 0 Å². The predicted octanol–water partition coefficient (Wildman–Crippen LogP) is 5.06. The lowest BCUT2D eigenvalue weighted by Gasteiger charge is -2.63. The molecule has 4 aliphatic heterocycles. The number of piperazine rings is 1. The second kappa shape index (κ2) is 15.8. The summed E-state index contributed by atoms with van der Waals surface area (Å²) in [6, 6.07) is 19.4. The molecule has 2 atom stereocenters. The number of nitrogens with zero attached hydrogens (tertiary/aromatic N) is 5. The molecule has 59 heavy (non-hydrogen) atoms. The van der Waals surface area contributed by atoms with Crippen LogP contribution in [0.25, 0.3) is 0 Å². The highest BCUT2D eigenvalue weighted by Crippen LogP contribution is 2.55. The summed E-state index contributed by atoms with van der Waals surface area (Å²) >= 11 is 6.25. The van der Waals surface area contributed by atoms with Gasteiger partial charge in [0, 0.05) is 85.7 Å². The average molecular weight is 822 g/mol. The van der Waals surface area contributed by atoms with E-state index >= 15 is 0 Å². The summed E-state index contributed by atoms with van der Waals surface area (Å²) in [5.41, 5.74) is 2.98. The third-order valence-corrected chi connectivity index (χ3v) is 13.6. The zero-order chi connectivity index (χ0) is 41.8. The first-order chi connectivity index (χ1) is 28.1. The summed E-state index contributed by atoms with van der Waals surface area (Å²) < 4.78 is 6.38. The van der Waals surface area contributed by atoms with E-state index in [9.17, 15) is 29.5 Å². The molecule has 14 heteroatoms. The first kappa shape index (κ1) is 40.6. The topological polar surface area (TPSA) is 159 Å². The van der Waals surface area contributed by atoms with Crippen molar-refractivity contribution in [3.8, 4) is 11.8 Å². The summed E-state index contributed by atoms with van der Waals surface area (Å²) in [5, 5.41) is 25.0. The van der Waals surface area contributed by atoms with Crippen LogP contribution in [0.2, 0.25) is 5.02 Å². The highest BCUT2D eigenvalue weighted by atomic mass is 35.5. The van der Waals surface area contributed by atoms with Crippen LogP contribution in [0.4, 0.5) is 11.4 Å². The van der Waals surface area contributed by atoms with Crippen molar-refractivity contribution >= 4 is 46.6 Å². The van der Waals surface area contributed by atoms with Crippen LogP contribution in [-0.4, -0.2) is 109 Å². The van der Waals surface area contributed by atoms with E-state index in [2.05, 4.69) is 59.1 Å². The van der Waals surface area contributed by atoms with Crippen LogP contribution >= 0.6 is 11.6 Å². The van der Waals surface area contributed by atoms with Gasteiger partial charge in [0.15, 0.2) is 0 Å². The lowest BCUT2D eigenvalue weighted by atomic mass is 9.49. The molecule has 8 rings (SSSR count). The smallest absolute Gasteiger partial charge is 0.262 e. The van der Waals surface area contributed by atoms with Crippen LogP contribution in [-0.2, 0) is 4.79 Å². The quantitative estimate of drug-likeness (QED) is 0.250. The van der Waals surface area contributed by atoms with Crippen LogP contribution < -0.4 is 25.2 Å². The SMILES string of the molecule is CC1(C)[C@H](NC(=O)c2ccc(N3CCN(CC4CCN(c5ccc6c(c5)C(=O)N(C5CCC(O)NC5=O)C6=O)CC4)CC3)cc2)C(C)(C)[C@H]1Oc1ccc(C#N)c(Cl)c1.